The summed E-state index contributed by atoms with van der Waals surface area (Å²) in [4.78, 5) is 17.0. The number of rotatable bonds is 5. The van der Waals surface area contributed by atoms with Crippen molar-refractivity contribution in [2.24, 2.45) is 0 Å². The largest absolute Gasteiger partial charge is 0.345 e. The quantitative estimate of drug-likeness (QED) is 0.524. The minimum Gasteiger partial charge on any atom is -0.345 e. The van der Waals surface area contributed by atoms with Crippen molar-refractivity contribution in [3.8, 4) is 17.1 Å². The van der Waals surface area contributed by atoms with Gasteiger partial charge in [-0.2, -0.15) is 0 Å². The number of halogens is 2. The maximum absolute atomic E-state index is 13.3. The van der Waals surface area contributed by atoms with Crippen molar-refractivity contribution in [2.45, 2.75) is 6.54 Å². The lowest BCUT2D eigenvalue weighted by Crippen LogP contribution is -2.24. The van der Waals surface area contributed by atoms with Crippen LogP contribution in [-0.4, -0.2) is 20.7 Å². The molecule has 0 aliphatic heterocycles. The van der Waals surface area contributed by atoms with Crippen molar-refractivity contribution < 1.29 is 9.18 Å². The fraction of sp³-hybridized carbons (Fsp3) is 0.0455. The Hall–Kier alpha value is -3.51. The Morgan fingerprint density at radius 3 is 2.34 bits per heavy atom. The zero-order chi connectivity index (χ0) is 20.2. The van der Waals surface area contributed by atoms with Crippen LogP contribution in [-0.2, 0) is 6.54 Å². The van der Waals surface area contributed by atoms with Crippen LogP contribution < -0.4 is 5.32 Å². The molecule has 0 unspecified atom stereocenters. The highest BCUT2D eigenvalue weighted by Crippen LogP contribution is 2.23. The van der Waals surface area contributed by atoms with E-state index >= 15 is 0 Å². The summed E-state index contributed by atoms with van der Waals surface area (Å²) in [5.41, 5.74) is 2.29. The Kier molecular flexibility index (Phi) is 5.35. The molecule has 0 saturated carbocycles. The van der Waals surface area contributed by atoms with Crippen LogP contribution in [0.1, 0.15) is 16.2 Å². The third-order valence-corrected chi connectivity index (χ3v) is 4.53. The molecule has 4 aromatic rings. The molecule has 0 bridgehead atoms. The molecule has 29 heavy (non-hydrogen) atoms. The minimum atomic E-state index is -0.398. The lowest BCUT2D eigenvalue weighted by atomic mass is 10.2. The highest BCUT2D eigenvalue weighted by molar-refractivity contribution is 6.30. The first-order valence-corrected chi connectivity index (χ1v) is 9.29. The van der Waals surface area contributed by atoms with Crippen LogP contribution in [0.5, 0.6) is 0 Å². The van der Waals surface area contributed by atoms with Crippen LogP contribution in [0.25, 0.3) is 17.1 Å². The van der Waals surface area contributed by atoms with E-state index in [1.54, 1.807) is 36.4 Å². The average Bonchev–Trinajstić information content (AvgIpc) is 3.19. The molecule has 0 aliphatic carbocycles. The van der Waals surface area contributed by atoms with Crippen molar-refractivity contribution >= 4 is 17.5 Å². The number of amides is 1. The first-order valence-electron chi connectivity index (χ1n) is 8.91. The topological polar surface area (TPSA) is 59.8 Å². The lowest BCUT2D eigenvalue weighted by molar-refractivity contribution is 0.0940. The summed E-state index contributed by atoms with van der Waals surface area (Å²) in [5.74, 6) is -0.277. The van der Waals surface area contributed by atoms with E-state index < -0.39 is 5.91 Å². The molecule has 1 heterocycles. The average molecular weight is 407 g/mol. The smallest absolute Gasteiger partial charge is 0.291 e. The normalized spacial score (nSPS) is 10.7. The highest BCUT2D eigenvalue weighted by Gasteiger charge is 2.18. The summed E-state index contributed by atoms with van der Waals surface area (Å²) >= 11 is 5.98. The van der Waals surface area contributed by atoms with E-state index in [-0.39, 0.29) is 11.6 Å². The molecule has 0 radical (unpaired) electrons. The Morgan fingerprint density at radius 2 is 1.66 bits per heavy atom. The number of benzene rings is 3. The van der Waals surface area contributed by atoms with Gasteiger partial charge in [0.05, 0.1) is 5.69 Å². The standard InChI is InChI=1S/C22H16ClFN4O/c23-17-8-6-16(7-9-17)21-26-20(22(29)25-14-15-4-2-1-3-5-15)27-28(21)19-12-10-18(24)11-13-19/h1-13H,14H2,(H,25,29). The summed E-state index contributed by atoms with van der Waals surface area (Å²) in [5, 5.41) is 7.76. The van der Waals surface area contributed by atoms with Gasteiger partial charge in [-0.3, -0.25) is 4.79 Å². The third-order valence-electron chi connectivity index (χ3n) is 4.28. The van der Waals surface area contributed by atoms with Crippen LogP contribution in [0.15, 0.2) is 78.9 Å². The van der Waals surface area contributed by atoms with Gasteiger partial charge in [0, 0.05) is 17.1 Å². The predicted octanol–water partition coefficient (Wildman–Crippen LogP) is 4.66. The van der Waals surface area contributed by atoms with Gasteiger partial charge in [0.2, 0.25) is 5.82 Å². The van der Waals surface area contributed by atoms with Gasteiger partial charge in [0.1, 0.15) is 5.82 Å². The van der Waals surface area contributed by atoms with E-state index in [2.05, 4.69) is 15.4 Å². The fourth-order valence-corrected chi connectivity index (χ4v) is 2.94. The van der Waals surface area contributed by atoms with Crippen LogP contribution in [0.3, 0.4) is 0 Å². The number of carbonyl (C=O) groups excluding carboxylic acids is 1. The van der Waals surface area contributed by atoms with Gasteiger partial charge in [-0.15, -0.1) is 5.10 Å². The van der Waals surface area contributed by atoms with Crippen LogP contribution in [0, 0.1) is 5.82 Å². The second-order valence-electron chi connectivity index (χ2n) is 6.32. The molecule has 0 fully saturated rings. The molecule has 144 valence electrons. The summed E-state index contributed by atoms with van der Waals surface area (Å²) in [6.45, 7) is 0.362. The van der Waals surface area contributed by atoms with Gasteiger partial charge in [0.25, 0.3) is 5.91 Å². The minimum absolute atomic E-state index is 0.0233. The van der Waals surface area contributed by atoms with E-state index in [9.17, 15) is 9.18 Å². The second kappa shape index (κ2) is 8.24. The van der Waals surface area contributed by atoms with Gasteiger partial charge in [-0.25, -0.2) is 14.1 Å². The van der Waals surface area contributed by atoms with E-state index in [0.717, 1.165) is 11.1 Å². The number of nitrogens with zero attached hydrogens (tertiary/aromatic N) is 3. The number of nitrogens with one attached hydrogen (secondary N) is 1. The van der Waals surface area contributed by atoms with E-state index in [4.69, 9.17) is 11.6 Å². The highest BCUT2D eigenvalue weighted by atomic mass is 35.5. The van der Waals surface area contributed by atoms with Gasteiger partial charge in [0.15, 0.2) is 5.82 Å². The van der Waals surface area contributed by atoms with E-state index in [1.165, 1.54) is 16.8 Å². The second-order valence-corrected chi connectivity index (χ2v) is 6.76. The van der Waals surface area contributed by atoms with Crippen LogP contribution in [0.2, 0.25) is 5.02 Å². The molecule has 4 rings (SSSR count). The number of carbonyl (C=O) groups is 1. The molecule has 7 heteroatoms. The number of hydrogen-bond donors (Lipinski definition) is 1. The van der Waals surface area contributed by atoms with Crippen molar-refractivity contribution in [2.75, 3.05) is 0 Å². The summed E-state index contributed by atoms with van der Waals surface area (Å²) in [6, 6.07) is 22.4. The van der Waals surface area contributed by atoms with Gasteiger partial charge in [-0.05, 0) is 54.1 Å². The fourth-order valence-electron chi connectivity index (χ4n) is 2.81. The van der Waals surface area contributed by atoms with Crippen LogP contribution in [0.4, 0.5) is 4.39 Å². The maximum Gasteiger partial charge on any atom is 0.291 e. The molecule has 0 saturated heterocycles. The van der Waals surface area contributed by atoms with Gasteiger partial charge >= 0.3 is 0 Å². The summed E-state index contributed by atoms with van der Waals surface area (Å²) < 4.78 is 14.9. The molecule has 1 amide bonds. The summed E-state index contributed by atoms with van der Waals surface area (Å²) in [7, 11) is 0. The van der Waals surface area contributed by atoms with Gasteiger partial charge < -0.3 is 5.32 Å². The number of aromatic nitrogens is 3. The first kappa shape index (κ1) is 18.8. The molecule has 5 nitrogen and oxygen atoms in total. The summed E-state index contributed by atoms with van der Waals surface area (Å²) in [6.07, 6.45) is 0. The molecule has 0 spiro atoms. The molecule has 0 aliphatic rings. The van der Waals surface area contributed by atoms with Crippen molar-refractivity contribution in [3.05, 3.63) is 101 Å². The van der Waals surface area contributed by atoms with Crippen molar-refractivity contribution in [3.63, 3.8) is 0 Å². The van der Waals surface area contributed by atoms with Crippen LogP contribution >= 0.6 is 11.6 Å². The van der Waals surface area contributed by atoms with Crippen molar-refractivity contribution in [1.29, 1.82) is 0 Å². The maximum atomic E-state index is 13.3. The third kappa shape index (κ3) is 4.33. The molecule has 1 N–H and O–H groups in total. The Balaban J connectivity index is 1.68. The Labute approximate surface area is 171 Å². The SMILES string of the molecule is O=C(NCc1ccccc1)c1nc(-c2ccc(Cl)cc2)n(-c2ccc(F)cc2)n1. The lowest BCUT2D eigenvalue weighted by Gasteiger charge is -2.06. The zero-order valence-electron chi connectivity index (χ0n) is 15.2. The Morgan fingerprint density at radius 1 is 0.966 bits per heavy atom. The first-order chi connectivity index (χ1) is 14.1. The molecule has 1 aromatic heterocycles. The van der Waals surface area contributed by atoms with Gasteiger partial charge in [-0.1, -0.05) is 41.9 Å². The van der Waals surface area contributed by atoms with E-state index in [1.807, 2.05) is 30.3 Å². The van der Waals surface area contributed by atoms with Crippen molar-refractivity contribution in [1.82, 2.24) is 20.1 Å². The molecule has 3 aromatic carbocycles. The zero-order valence-corrected chi connectivity index (χ0v) is 16.0. The predicted molar refractivity (Wildman–Crippen MR) is 109 cm³/mol. The molecular formula is C22H16ClFN4O. The van der Waals surface area contributed by atoms with E-state index in [0.29, 0.717) is 23.1 Å². The molecule has 0 atom stereocenters. The number of hydrogen-bond acceptors (Lipinski definition) is 3. The molecular weight excluding hydrogens is 391 g/mol. The monoisotopic (exact) mass is 406 g/mol. The Bertz CT molecular complexity index is 1060.